The van der Waals surface area contributed by atoms with Gasteiger partial charge in [-0.2, -0.15) is 0 Å². The topological polar surface area (TPSA) is 106 Å². The van der Waals surface area contributed by atoms with E-state index in [0.29, 0.717) is 23.7 Å². The number of hydrogen-bond acceptors (Lipinski definition) is 7. The maximum absolute atomic E-state index is 12.6. The van der Waals surface area contributed by atoms with Gasteiger partial charge >= 0.3 is 0 Å². The van der Waals surface area contributed by atoms with Crippen LogP contribution in [0, 0.1) is 0 Å². The third-order valence-corrected chi connectivity index (χ3v) is 6.08. The Balaban J connectivity index is 1.46. The summed E-state index contributed by atoms with van der Waals surface area (Å²) in [6.45, 7) is 4.34. The monoisotopic (exact) mass is 449 g/mol. The zero-order valence-corrected chi connectivity index (χ0v) is 18.2. The van der Waals surface area contributed by atoms with Gasteiger partial charge in [0.2, 0.25) is 0 Å². The van der Waals surface area contributed by atoms with Crippen LogP contribution in [0.25, 0.3) is 0 Å². The minimum Gasteiger partial charge on any atom is -0.497 e. The van der Waals surface area contributed by atoms with Crippen molar-refractivity contribution >= 4 is 21.6 Å². The highest BCUT2D eigenvalue weighted by Crippen LogP contribution is 2.22. The van der Waals surface area contributed by atoms with Crippen LogP contribution < -0.4 is 19.5 Å². The molecule has 2 aromatic rings. The van der Waals surface area contributed by atoms with Gasteiger partial charge < -0.3 is 19.5 Å². The average Bonchev–Trinajstić information content (AvgIpc) is 2.78. The lowest BCUT2D eigenvalue weighted by molar-refractivity contribution is -0.123. The molecule has 1 aliphatic heterocycles. The number of carbonyl (C=O) groups excluding carboxylic acids is 1. The number of methoxy groups -OCH3 is 1. The van der Waals surface area contributed by atoms with Crippen molar-refractivity contribution in [3.05, 3.63) is 48.5 Å². The fraction of sp³-hybridized carbons (Fsp3) is 0.381. The molecule has 10 heteroatoms. The van der Waals surface area contributed by atoms with Crippen molar-refractivity contribution in [3.8, 4) is 11.5 Å². The Labute approximate surface area is 182 Å². The molecular weight excluding hydrogens is 422 g/mol. The zero-order valence-electron chi connectivity index (χ0n) is 17.4. The SMILES string of the molecule is COc1cccc(NS(=O)(=O)c2ccc(OCC(=O)NCCN3CCOCC3)cc2)c1. The molecule has 168 valence electrons. The molecule has 0 bridgehead atoms. The van der Waals surface area contributed by atoms with E-state index in [4.69, 9.17) is 14.2 Å². The smallest absolute Gasteiger partial charge is 0.261 e. The van der Waals surface area contributed by atoms with Gasteiger partial charge in [-0.05, 0) is 36.4 Å². The molecule has 1 heterocycles. The summed E-state index contributed by atoms with van der Waals surface area (Å²) in [5, 5.41) is 2.81. The highest BCUT2D eigenvalue weighted by atomic mass is 32.2. The summed E-state index contributed by atoms with van der Waals surface area (Å²) in [6, 6.07) is 12.5. The molecule has 0 aromatic heterocycles. The Morgan fingerprint density at radius 3 is 2.55 bits per heavy atom. The van der Waals surface area contributed by atoms with Gasteiger partial charge in [-0.1, -0.05) is 6.07 Å². The van der Waals surface area contributed by atoms with Crippen LogP contribution >= 0.6 is 0 Å². The van der Waals surface area contributed by atoms with Crippen LogP contribution in [0.3, 0.4) is 0 Å². The van der Waals surface area contributed by atoms with Crippen LogP contribution in [0.4, 0.5) is 5.69 Å². The van der Waals surface area contributed by atoms with Crippen LogP contribution in [-0.4, -0.2) is 72.3 Å². The molecule has 9 nitrogen and oxygen atoms in total. The Hall–Kier alpha value is -2.82. The molecule has 1 aliphatic rings. The van der Waals surface area contributed by atoms with Crippen molar-refractivity contribution in [2.45, 2.75) is 4.90 Å². The molecule has 0 spiro atoms. The van der Waals surface area contributed by atoms with Crippen molar-refractivity contribution in [3.63, 3.8) is 0 Å². The summed E-state index contributed by atoms with van der Waals surface area (Å²) in [5.74, 6) is 0.723. The maximum atomic E-state index is 12.6. The second-order valence-electron chi connectivity index (χ2n) is 6.90. The standard InChI is InChI=1S/C21H27N3O6S/c1-28-19-4-2-3-17(15-19)23-31(26,27)20-7-5-18(6-8-20)30-16-21(25)22-9-10-24-11-13-29-14-12-24/h2-8,15,23H,9-14,16H2,1H3,(H,22,25). The molecule has 31 heavy (non-hydrogen) atoms. The summed E-state index contributed by atoms with van der Waals surface area (Å²) in [7, 11) is -2.25. The number of benzene rings is 2. The number of anilines is 1. The largest absolute Gasteiger partial charge is 0.497 e. The van der Waals surface area contributed by atoms with Gasteiger partial charge in [0.15, 0.2) is 6.61 Å². The first kappa shape index (κ1) is 22.9. The zero-order chi connectivity index (χ0) is 22.1. The molecule has 2 aromatic carbocycles. The van der Waals surface area contributed by atoms with Crippen molar-refractivity contribution < 1.29 is 27.4 Å². The third-order valence-electron chi connectivity index (χ3n) is 4.68. The molecule has 0 unspecified atom stereocenters. The molecule has 0 aliphatic carbocycles. The van der Waals surface area contributed by atoms with Crippen LogP contribution in [0.2, 0.25) is 0 Å². The van der Waals surface area contributed by atoms with E-state index in [-0.39, 0.29) is 17.4 Å². The molecule has 1 fully saturated rings. The van der Waals surface area contributed by atoms with E-state index in [1.54, 1.807) is 24.3 Å². The lowest BCUT2D eigenvalue weighted by Crippen LogP contribution is -2.42. The second-order valence-corrected chi connectivity index (χ2v) is 8.58. The van der Waals surface area contributed by atoms with Crippen LogP contribution in [0.1, 0.15) is 0 Å². The first-order chi connectivity index (χ1) is 15.0. The Kier molecular flexibility index (Phi) is 8.10. The number of sulfonamides is 1. The molecule has 0 saturated carbocycles. The first-order valence-electron chi connectivity index (χ1n) is 9.93. The fourth-order valence-corrected chi connectivity index (χ4v) is 4.04. The quantitative estimate of drug-likeness (QED) is 0.564. The molecular formula is C21H27N3O6S. The number of nitrogens with one attached hydrogen (secondary N) is 2. The number of carbonyl (C=O) groups is 1. The van der Waals surface area contributed by atoms with E-state index in [9.17, 15) is 13.2 Å². The Morgan fingerprint density at radius 2 is 1.84 bits per heavy atom. The van der Waals surface area contributed by atoms with Crippen molar-refractivity contribution in [2.75, 3.05) is 57.8 Å². The summed E-state index contributed by atoms with van der Waals surface area (Å²) < 4.78 is 43.5. The third kappa shape index (κ3) is 7.12. The molecule has 1 saturated heterocycles. The van der Waals surface area contributed by atoms with Gasteiger partial charge in [-0.15, -0.1) is 0 Å². The van der Waals surface area contributed by atoms with E-state index >= 15 is 0 Å². The molecule has 2 N–H and O–H groups in total. The molecule has 1 amide bonds. The number of nitrogens with zero attached hydrogens (tertiary/aromatic N) is 1. The van der Waals surface area contributed by atoms with Crippen LogP contribution in [0.5, 0.6) is 11.5 Å². The van der Waals surface area contributed by atoms with Gasteiger partial charge in [-0.3, -0.25) is 14.4 Å². The van der Waals surface area contributed by atoms with Crippen molar-refractivity contribution in [2.24, 2.45) is 0 Å². The van der Waals surface area contributed by atoms with E-state index in [1.807, 2.05) is 0 Å². The number of ether oxygens (including phenoxy) is 3. The van der Waals surface area contributed by atoms with Gasteiger partial charge in [0.25, 0.3) is 15.9 Å². The lowest BCUT2D eigenvalue weighted by atomic mass is 10.3. The minimum atomic E-state index is -3.76. The van der Waals surface area contributed by atoms with Crippen LogP contribution in [-0.2, 0) is 19.6 Å². The highest BCUT2D eigenvalue weighted by molar-refractivity contribution is 7.92. The first-order valence-corrected chi connectivity index (χ1v) is 11.4. The van der Waals surface area contributed by atoms with Gasteiger partial charge in [0.1, 0.15) is 11.5 Å². The van der Waals surface area contributed by atoms with E-state index < -0.39 is 10.0 Å². The highest BCUT2D eigenvalue weighted by Gasteiger charge is 2.15. The van der Waals surface area contributed by atoms with Crippen molar-refractivity contribution in [1.82, 2.24) is 10.2 Å². The van der Waals surface area contributed by atoms with Gasteiger partial charge in [-0.25, -0.2) is 8.42 Å². The normalized spacial score (nSPS) is 14.6. The maximum Gasteiger partial charge on any atom is 0.261 e. The van der Waals surface area contributed by atoms with Crippen LogP contribution in [0.15, 0.2) is 53.4 Å². The summed E-state index contributed by atoms with van der Waals surface area (Å²) in [6.07, 6.45) is 0. The Bertz CT molecular complexity index is 959. The molecule has 0 radical (unpaired) electrons. The summed E-state index contributed by atoms with van der Waals surface area (Å²) >= 11 is 0. The van der Waals surface area contributed by atoms with E-state index in [0.717, 1.165) is 32.8 Å². The average molecular weight is 450 g/mol. The van der Waals surface area contributed by atoms with E-state index in [2.05, 4.69) is 14.9 Å². The predicted molar refractivity (Wildman–Crippen MR) is 116 cm³/mol. The lowest BCUT2D eigenvalue weighted by Gasteiger charge is -2.26. The van der Waals surface area contributed by atoms with Gasteiger partial charge in [0.05, 0.1) is 30.9 Å². The summed E-state index contributed by atoms with van der Waals surface area (Å²) in [4.78, 5) is 14.3. The number of hydrogen-bond donors (Lipinski definition) is 2. The fourth-order valence-electron chi connectivity index (χ4n) is 2.99. The number of morpholine rings is 1. The molecule has 3 rings (SSSR count). The Morgan fingerprint density at radius 1 is 1.10 bits per heavy atom. The predicted octanol–water partition coefficient (Wildman–Crippen LogP) is 1.32. The minimum absolute atomic E-state index is 0.0811. The second kappa shape index (κ2) is 11.0. The van der Waals surface area contributed by atoms with Crippen molar-refractivity contribution in [1.29, 1.82) is 0 Å². The van der Waals surface area contributed by atoms with Gasteiger partial charge in [0, 0.05) is 32.2 Å². The molecule has 0 atom stereocenters. The number of rotatable bonds is 10. The van der Waals surface area contributed by atoms with E-state index in [1.165, 1.54) is 31.4 Å². The summed E-state index contributed by atoms with van der Waals surface area (Å²) in [5.41, 5.74) is 0.397. The number of amides is 1.